The van der Waals surface area contributed by atoms with Crippen LogP contribution in [-0.4, -0.2) is 30.9 Å². The third-order valence-corrected chi connectivity index (χ3v) is 4.40. The van der Waals surface area contributed by atoms with Crippen LogP contribution in [0.2, 0.25) is 4.34 Å². The van der Waals surface area contributed by atoms with Crippen LogP contribution in [0.25, 0.3) is 0 Å². The molecule has 0 radical (unpaired) electrons. The van der Waals surface area contributed by atoms with Gasteiger partial charge in [-0.15, -0.1) is 23.7 Å². The number of carbonyl (C=O) groups excluding carboxylic acids is 1. The Morgan fingerprint density at radius 2 is 2.11 bits per heavy atom. The number of nitrogens with two attached hydrogens (primary N) is 1. The van der Waals surface area contributed by atoms with Crippen LogP contribution in [0, 0.1) is 5.41 Å². The Morgan fingerprint density at radius 3 is 2.53 bits per heavy atom. The van der Waals surface area contributed by atoms with E-state index in [4.69, 9.17) is 17.3 Å². The van der Waals surface area contributed by atoms with Gasteiger partial charge in [-0.2, -0.15) is 0 Å². The Hall–Kier alpha value is -0.290. The zero-order valence-electron chi connectivity index (χ0n) is 11.8. The van der Waals surface area contributed by atoms with Crippen LogP contribution < -0.4 is 5.73 Å². The fraction of sp³-hybridized carbons (Fsp3) is 0.615. The highest BCUT2D eigenvalue weighted by atomic mass is 35.5. The van der Waals surface area contributed by atoms with E-state index in [2.05, 4.69) is 13.8 Å². The average Bonchev–Trinajstić information content (AvgIpc) is 2.73. The summed E-state index contributed by atoms with van der Waals surface area (Å²) in [4.78, 5) is 15.1. The second-order valence-electron chi connectivity index (χ2n) is 5.43. The van der Waals surface area contributed by atoms with E-state index in [1.54, 1.807) is 4.90 Å². The van der Waals surface area contributed by atoms with Gasteiger partial charge in [0, 0.05) is 18.5 Å². The third-order valence-electron chi connectivity index (χ3n) is 2.99. The molecular formula is C13H22Cl2N2OS. The standard InChI is InChI=1S/C13H21ClN2OS.ClH/c1-9(10-5-6-11(14)18-10)12(17)16(4)8-13(2,3)7-15;/h5-6,9H,7-8,15H2,1-4H3;1H. The van der Waals surface area contributed by atoms with Crippen molar-refractivity contribution >= 4 is 41.3 Å². The molecule has 0 aliphatic carbocycles. The lowest BCUT2D eigenvalue weighted by molar-refractivity contribution is -0.132. The second-order valence-corrected chi connectivity index (χ2v) is 7.17. The molecule has 1 unspecified atom stereocenters. The van der Waals surface area contributed by atoms with Crippen molar-refractivity contribution in [2.75, 3.05) is 20.1 Å². The quantitative estimate of drug-likeness (QED) is 0.902. The molecule has 110 valence electrons. The van der Waals surface area contributed by atoms with Crippen molar-refractivity contribution in [3.05, 3.63) is 21.3 Å². The van der Waals surface area contributed by atoms with E-state index >= 15 is 0 Å². The third kappa shape index (κ3) is 5.30. The lowest BCUT2D eigenvalue weighted by Gasteiger charge is -2.30. The maximum Gasteiger partial charge on any atom is 0.230 e. The van der Waals surface area contributed by atoms with E-state index in [1.807, 2.05) is 26.1 Å². The van der Waals surface area contributed by atoms with Crippen molar-refractivity contribution in [1.29, 1.82) is 0 Å². The van der Waals surface area contributed by atoms with Crippen LogP contribution in [0.1, 0.15) is 31.6 Å². The Bertz CT molecular complexity index is 421. The fourth-order valence-corrected chi connectivity index (χ4v) is 2.90. The lowest BCUT2D eigenvalue weighted by Crippen LogP contribution is -2.41. The van der Waals surface area contributed by atoms with Gasteiger partial charge < -0.3 is 10.6 Å². The average molecular weight is 325 g/mol. The number of amides is 1. The van der Waals surface area contributed by atoms with E-state index < -0.39 is 0 Å². The molecule has 1 atom stereocenters. The van der Waals surface area contributed by atoms with Gasteiger partial charge in [0.25, 0.3) is 0 Å². The van der Waals surface area contributed by atoms with Gasteiger partial charge in [-0.05, 0) is 31.0 Å². The van der Waals surface area contributed by atoms with Crippen LogP contribution in [0.4, 0.5) is 0 Å². The van der Waals surface area contributed by atoms with E-state index in [1.165, 1.54) is 11.3 Å². The molecule has 0 aromatic carbocycles. The Kier molecular flexibility index (Phi) is 7.37. The molecule has 0 spiro atoms. The highest BCUT2D eigenvalue weighted by Gasteiger charge is 2.25. The number of hydrogen-bond donors (Lipinski definition) is 1. The van der Waals surface area contributed by atoms with Crippen molar-refractivity contribution in [3.8, 4) is 0 Å². The minimum absolute atomic E-state index is 0. The Balaban J connectivity index is 0.00000324. The Morgan fingerprint density at radius 1 is 1.53 bits per heavy atom. The van der Waals surface area contributed by atoms with Crippen molar-refractivity contribution in [2.24, 2.45) is 11.1 Å². The van der Waals surface area contributed by atoms with Crippen LogP contribution in [-0.2, 0) is 4.79 Å². The van der Waals surface area contributed by atoms with Gasteiger partial charge in [0.05, 0.1) is 10.3 Å². The zero-order valence-corrected chi connectivity index (χ0v) is 14.2. The summed E-state index contributed by atoms with van der Waals surface area (Å²) in [5, 5.41) is 0. The van der Waals surface area contributed by atoms with Gasteiger partial charge in [0.1, 0.15) is 0 Å². The summed E-state index contributed by atoms with van der Waals surface area (Å²) in [5.74, 6) is -0.0453. The first-order valence-electron chi connectivity index (χ1n) is 5.97. The van der Waals surface area contributed by atoms with Crippen molar-refractivity contribution in [3.63, 3.8) is 0 Å². The molecule has 19 heavy (non-hydrogen) atoms. The minimum Gasteiger partial charge on any atom is -0.345 e. The minimum atomic E-state index is -0.152. The van der Waals surface area contributed by atoms with Gasteiger partial charge in [0.15, 0.2) is 0 Å². The second kappa shape index (κ2) is 7.48. The lowest BCUT2D eigenvalue weighted by atomic mass is 9.93. The van der Waals surface area contributed by atoms with E-state index in [0.29, 0.717) is 13.1 Å². The number of halogens is 2. The van der Waals surface area contributed by atoms with Crippen LogP contribution in [0.3, 0.4) is 0 Å². The number of nitrogens with zero attached hydrogens (tertiary/aromatic N) is 1. The van der Waals surface area contributed by atoms with Gasteiger partial charge in [0.2, 0.25) is 5.91 Å². The van der Waals surface area contributed by atoms with Gasteiger partial charge >= 0.3 is 0 Å². The fourth-order valence-electron chi connectivity index (χ4n) is 1.80. The first-order chi connectivity index (χ1) is 8.26. The molecule has 3 nitrogen and oxygen atoms in total. The molecule has 1 aromatic rings. The number of likely N-dealkylation sites (N-methyl/N-ethyl adjacent to an activating group) is 1. The summed E-state index contributed by atoms with van der Waals surface area (Å²) >= 11 is 7.35. The molecule has 1 aromatic heterocycles. The predicted molar refractivity (Wildman–Crippen MR) is 85.5 cm³/mol. The SMILES string of the molecule is CC(C(=O)N(C)CC(C)(C)CN)c1ccc(Cl)s1.Cl. The van der Waals surface area contributed by atoms with Crippen molar-refractivity contribution in [1.82, 2.24) is 4.90 Å². The number of rotatable bonds is 5. The monoisotopic (exact) mass is 324 g/mol. The molecule has 0 aliphatic rings. The van der Waals surface area contributed by atoms with Gasteiger partial charge in [-0.25, -0.2) is 0 Å². The maximum atomic E-state index is 12.3. The van der Waals surface area contributed by atoms with Crippen molar-refractivity contribution in [2.45, 2.75) is 26.7 Å². The molecule has 0 aliphatic heterocycles. The smallest absolute Gasteiger partial charge is 0.230 e. The Labute approximate surface area is 130 Å². The molecule has 1 rings (SSSR count). The van der Waals surface area contributed by atoms with E-state index in [-0.39, 0.29) is 29.6 Å². The molecule has 0 bridgehead atoms. The van der Waals surface area contributed by atoms with E-state index in [0.717, 1.165) is 9.21 Å². The molecule has 6 heteroatoms. The molecular weight excluding hydrogens is 303 g/mol. The molecule has 0 saturated carbocycles. The summed E-state index contributed by atoms with van der Waals surface area (Å²) in [5.41, 5.74) is 5.63. The predicted octanol–water partition coefficient (Wildman–Crippen LogP) is 3.37. The molecule has 0 fully saturated rings. The normalized spacial score (nSPS) is 12.7. The molecule has 2 N–H and O–H groups in total. The van der Waals surface area contributed by atoms with Gasteiger partial charge in [-0.3, -0.25) is 4.79 Å². The van der Waals surface area contributed by atoms with Crippen LogP contribution in [0.15, 0.2) is 12.1 Å². The largest absolute Gasteiger partial charge is 0.345 e. The molecule has 1 amide bonds. The summed E-state index contributed by atoms with van der Waals surface area (Å²) in [6.45, 7) is 7.25. The first-order valence-corrected chi connectivity index (χ1v) is 7.16. The van der Waals surface area contributed by atoms with Gasteiger partial charge in [-0.1, -0.05) is 25.4 Å². The maximum absolute atomic E-state index is 12.3. The summed E-state index contributed by atoms with van der Waals surface area (Å²) in [6, 6.07) is 3.74. The topological polar surface area (TPSA) is 46.3 Å². The summed E-state index contributed by atoms with van der Waals surface area (Å²) in [6.07, 6.45) is 0. The summed E-state index contributed by atoms with van der Waals surface area (Å²) < 4.78 is 0.717. The molecule has 0 saturated heterocycles. The summed E-state index contributed by atoms with van der Waals surface area (Å²) in [7, 11) is 1.82. The van der Waals surface area contributed by atoms with Crippen LogP contribution in [0.5, 0.6) is 0 Å². The highest BCUT2D eigenvalue weighted by Crippen LogP contribution is 2.29. The van der Waals surface area contributed by atoms with E-state index in [9.17, 15) is 4.79 Å². The number of carbonyl (C=O) groups is 1. The number of hydrogen-bond acceptors (Lipinski definition) is 3. The highest BCUT2D eigenvalue weighted by molar-refractivity contribution is 7.16. The first kappa shape index (κ1) is 18.7. The van der Waals surface area contributed by atoms with Crippen LogP contribution >= 0.6 is 35.3 Å². The zero-order chi connectivity index (χ0) is 13.9. The van der Waals surface area contributed by atoms with Crippen molar-refractivity contribution < 1.29 is 4.79 Å². The molecule has 1 heterocycles. The number of thiophene rings is 1.